The Hall–Kier alpha value is -1.11. The van der Waals surface area contributed by atoms with Crippen molar-refractivity contribution in [2.45, 2.75) is 236 Å². The number of hydrogen-bond donors (Lipinski definition) is 7. The SMILES string of the molecule is CCCCCCCCCCCCC/C=C/[C@@H](O)[C@H](CO[C@@H]1OC(CO)[C@H](O)[C@H](O)C1O)NC(=O)[C@@H](O)CCCCCCCCCCCCCCCC. The molecule has 0 spiro atoms. The predicted octanol–water partition coefficient (Wildman–Crippen LogP) is 7.14. The van der Waals surface area contributed by atoms with Crippen LogP contribution in [0.15, 0.2) is 12.2 Å². The van der Waals surface area contributed by atoms with Crippen LogP contribution >= 0.6 is 0 Å². The third-order valence-electron chi connectivity index (χ3n) is 10.5. The second-order valence-corrected chi connectivity index (χ2v) is 15.3. The molecule has 308 valence electrons. The fourth-order valence-corrected chi connectivity index (χ4v) is 6.87. The van der Waals surface area contributed by atoms with Gasteiger partial charge in [-0.1, -0.05) is 180 Å². The number of hydrogen-bond acceptors (Lipinski definition) is 9. The molecule has 1 aliphatic rings. The summed E-state index contributed by atoms with van der Waals surface area (Å²) >= 11 is 0. The van der Waals surface area contributed by atoms with Gasteiger partial charge >= 0.3 is 0 Å². The van der Waals surface area contributed by atoms with Crippen molar-refractivity contribution in [1.82, 2.24) is 5.32 Å². The van der Waals surface area contributed by atoms with Gasteiger partial charge in [-0.15, -0.1) is 0 Å². The molecule has 1 rings (SSSR count). The van der Waals surface area contributed by atoms with Gasteiger partial charge in [0.1, 0.15) is 30.5 Å². The number of carbonyl (C=O) groups excluding carboxylic acids is 1. The lowest BCUT2D eigenvalue weighted by molar-refractivity contribution is -0.302. The average molecular weight is 744 g/mol. The molecule has 0 saturated carbocycles. The second-order valence-electron chi connectivity index (χ2n) is 15.3. The number of rotatable bonds is 35. The first-order chi connectivity index (χ1) is 25.3. The molecule has 0 aromatic heterocycles. The summed E-state index contributed by atoms with van der Waals surface area (Å²) in [6, 6.07) is -0.973. The number of aliphatic hydroxyl groups excluding tert-OH is 6. The highest BCUT2D eigenvalue weighted by Crippen LogP contribution is 2.23. The van der Waals surface area contributed by atoms with Crippen LogP contribution in [0.2, 0.25) is 0 Å². The topological polar surface area (TPSA) is 169 Å². The quantitative estimate of drug-likeness (QED) is 0.0264. The number of unbranched alkanes of at least 4 members (excludes halogenated alkanes) is 24. The molecule has 0 aliphatic carbocycles. The summed E-state index contributed by atoms with van der Waals surface area (Å²) < 4.78 is 11.1. The zero-order valence-electron chi connectivity index (χ0n) is 33.2. The molecular weight excluding hydrogens is 662 g/mol. The molecule has 10 nitrogen and oxygen atoms in total. The van der Waals surface area contributed by atoms with Crippen molar-refractivity contribution >= 4 is 5.91 Å². The van der Waals surface area contributed by atoms with Gasteiger partial charge in [-0.25, -0.2) is 0 Å². The van der Waals surface area contributed by atoms with E-state index in [1.54, 1.807) is 6.08 Å². The van der Waals surface area contributed by atoms with Gasteiger partial charge in [0.2, 0.25) is 5.91 Å². The molecule has 1 amide bonds. The number of allylic oxidation sites excluding steroid dienone is 1. The van der Waals surface area contributed by atoms with Gasteiger partial charge in [0.25, 0.3) is 0 Å². The van der Waals surface area contributed by atoms with Crippen molar-refractivity contribution in [1.29, 1.82) is 0 Å². The third-order valence-corrected chi connectivity index (χ3v) is 10.5. The molecule has 1 heterocycles. The fourth-order valence-electron chi connectivity index (χ4n) is 6.87. The summed E-state index contributed by atoms with van der Waals surface area (Å²) in [5.41, 5.74) is 0. The van der Waals surface area contributed by atoms with Crippen LogP contribution in [0.4, 0.5) is 0 Å². The van der Waals surface area contributed by atoms with Crippen molar-refractivity contribution < 1.29 is 44.9 Å². The van der Waals surface area contributed by atoms with Crippen molar-refractivity contribution in [2.75, 3.05) is 13.2 Å². The largest absolute Gasteiger partial charge is 0.394 e. The molecule has 0 bridgehead atoms. The van der Waals surface area contributed by atoms with E-state index in [-0.39, 0.29) is 6.61 Å². The number of aliphatic hydroxyl groups is 6. The molecule has 52 heavy (non-hydrogen) atoms. The lowest BCUT2D eigenvalue weighted by atomic mass is 9.99. The molecule has 2 unspecified atom stereocenters. The average Bonchev–Trinajstić information content (AvgIpc) is 3.14. The standard InChI is InChI=1S/C42H81NO9/c1-3-5-7-9-11-13-15-17-19-21-23-25-27-29-31-36(46)41(50)43-34(33-51-42-40(49)39(48)38(47)37(32-44)52-42)35(45)30-28-26-24-22-20-18-16-14-12-10-8-6-4-2/h28,30,34-40,42,44-49H,3-27,29,31-33H2,1-2H3,(H,43,50)/b30-28+/t34-,35+,36-,37?,38-,39-,40?,42+/m0/s1. The lowest BCUT2D eigenvalue weighted by Crippen LogP contribution is -2.60. The van der Waals surface area contributed by atoms with E-state index in [1.165, 1.54) is 122 Å². The Morgan fingerprint density at radius 2 is 1.10 bits per heavy atom. The predicted molar refractivity (Wildman–Crippen MR) is 209 cm³/mol. The van der Waals surface area contributed by atoms with Crippen molar-refractivity contribution in [3.8, 4) is 0 Å². The van der Waals surface area contributed by atoms with Crippen LogP contribution in [0.5, 0.6) is 0 Å². The highest BCUT2D eigenvalue weighted by Gasteiger charge is 2.44. The van der Waals surface area contributed by atoms with Gasteiger partial charge in [0, 0.05) is 0 Å². The van der Waals surface area contributed by atoms with Crippen molar-refractivity contribution in [3.63, 3.8) is 0 Å². The van der Waals surface area contributed by atoms with E-state index >= 15 is 0 Å². The maximum Gasteiger partial charge on any atom is 0.249 e. The zero-order chi connectivity index (χ0) is 38.2. The maximum absolute atomic E-state index is 13.0. The molecule has 1 fully saturated rings. The molecule has 0 radical (unpaired) electrons. The molecule has 1 aliphatic heterocycles. The Morgan fingerprint density at radius 1 is 0.654 bits per heavy atom. The van der Waals surface area contributed by atoms with Crippen LogP contribution < -0.4 is 5.32 Å². The van der Waals surface area contributed by atoms with Gasteiger partial charge < -0.3 is 45.4 Å². The Bertz CT molecular complexity index is 844. The lowest BCUT2D eigenvalue weighted by Gasteiger charge is -2.40. The molecule has 8 atom stereocenters. The number of amides is 1. The van der Waals surface area contributed by atoms with Crippen LogP contribution in [0.3, 0.4) is 0 Å². The van der Waals surface area contributed by atoms with E-state index in [9.17, 15) is 35.4 Å². The van der Waals surface area contributed by atoms with Gasteiger partial charge in [-0.3, -0.25) is 4.79 Å². The minimum atomic E-state index is -1.61. The van der Waals surface area contributed by atoms with Gasteiger partial charge in [-0.2, -0.15) is 0 Å². The smallest absolute Gasteiger partial charge is 0.249 e. The first-order valence-corrected chi connectivity index (χ1v) is 21.5. The van der Waals surface area contributed by atoms with Crippen molar-refractivity contribution in [2.24, 2.45) is 0 Å². The van der Waals surface area contributed by atoms with Crippen LogP contribution in [-0.2, 0) is 14.3 Å². The molecule has 0 aromatic rings. The highest BCUT2D eigenvalue weighted by molar-refractivity contribution is 5.80. The number of ether oxygens (including phenoxy) is 2. The Morgan fingerprint density at radius 3 is 1.56 bits per heavy atom. The molecule has 0 aromatic carbocycles. The minimum absolute atomic E-state index is 0.302. The summed E-state index contributed by atoms with van der Waals surface area (Å²) in [6.45, 7) is 3.59. The monoisotopic (exact) mass is 744 g/mol. The summed E-state index contributed by atoms with van der Waals surface area (Å²) in [5.74, 6) is -0.616. The van der Waals surface area contributed by atoms with E-state index in [2.05, 4.69) is 19.2 Å². The highest BCUT2D eigenvalue weighted by atomic mass is 16.7. The van der Waals surface area contributed by atoms with E-state index in [1.807, 2.05) is 6.08 Å². The van der Waals surface area contributed by atoms with Crippen LogP contribution in [0.25, 0.3) is 0 Å². The Labute approximate surface area is 317 Å². The van der Waals surface area contributed by atoms with Gasteiger partial charge in [-0.05, 0) is 19.3 Å². The first-order valence-electron chi connectivity index (χ1n) is 21.5. The van der Waals surface area contributed by atoms with Crippen LogP contribution in [0, 0.1) is 0 Å². The minimum Gasteiger partial charge on any atom is -0.394 e. The maximum atomic E-state index is 13.0. The van der Waals surface area contributed by atoms with E-state index in [0.717, 1.165) is 44.9 Å². The second kappa shape index (κ2) is 33.2. The third kappa shape index (κ3) is 23.6. The van der Waals surface area contributed by atoms with Crippen LogP contribution in [-0.4, -0.2) is 98.7 Å². The number of carbonyl (C=O) groups is 1. The Balaban J connectivity index is 2.46. The normalized spacial score (nSPS) is 22.5. The Kier molecular flexibility index (Phi) is 31.3. The van der Waals surface area contributed by atoms with Crippen LogP contribution in [0.1, 0.15) is 187 Å². The number of nitrogens with one attached hydrogen (secondary N) is 1. The zero-order valence-corrected chi connectivity index (χ0v) is 33.2. The molecule has 7 N–H and O–H groups in total. The van der Waals surface area contributed by atoms with Gasteiger partial charge in [0.05, 0.1) is 25.4 Å². The molecule has 1 saturated heterocycles. The molecule has 10 heteroatoms. The van der Waals surface area contributed by atoms with Crippen molar-refractivity contribution in [3.05, 3.63) is 12.2 Å². The summed E-state index contributed by atoms with van der Waals surface area (Å²) in [4.78, 5) is 13.0. The molecular formula is C42H81NO9. The fraction of sp³-hybridized carbons (Fsp3) is 0.929. The van der Waals surface area contributed by atoms with E-state index in [4.69, 9.17) is 9.47 Å². The van der Waals surface area contributed by atoms with E-state index in [0.29, 0.717) is 6.42 Å². The summed E-state index contributed by atoms with van der Waals surface area (Å²) in [7, 11) is 0. The summed E-state index contributed by atoms with van der Waals surface area (Å²) in [6.07, 6.45) is 25.8. The summed E-state index contributed by atoms with van der Waals surface area (Å²) in [5, 5.41) is 64.5. The first kappa shape index (κ1) is 48.9. The van der Waals surface area contributed by atoms with E-state index < -0.39 is 61.5 Å². The van der Waals surface area contributed by atoms with Gasteiger partial charge in [0.15, 0.2) is 6.29 Å².